The van der Waals surface area contributed by atoms with Crippen LogP contribution in [0, 0.1) is 0 Å². The van der Waals surface area contributed by atoms with Crippen LogP contribution >= 0.6 is 11.6 Å². The Morgan fingerprint density at radius 2 is 2.00 bits per heavy atom. The molecule has 0 atom stereocenters. The summed E-state index contributed by atoms with van der Waals surface area (Å²) in [6, 6.07) is 9.16. The van der Waals surface area contributed by atoms with Crippen molar-refractivity contribution >= 4 is 23.3 Å². The quantitative estimate of drug-likeness (QED) is 0.731. The number of carbonyl (C=O) groups is 1. The summed E-state index contributed by atoms with van der Waals surface area (Å²) in [5.74, 6) is -1.15. The molecule has 13 heavy (non-hydrogen) atoms. The van der Waals surface area contributed by atoms with Gasteiger partial charge < -0.3 is 10.4 Å². The van der Waals surface area contributed by atoms with Crippen LogP contribution in [-0.2, 0) is 4.79 Å². The molecule has 0 saturated carbocycles. The second-order valence-electron chi connectivity index (χ2n) is 2.31. The van der Waals surface area contributed by atoms with Crippen molar-refractivity contribution in [3.05, 3.63) is 41.6 Å². The van der Waals surface area contributed by atoms with E-state index >= 15 is 0 Å². The van der Waals surface area contributed by atoms with Crippen molar-refractivity contribution in [1.82, 2.24) is 0 Å². The number of para-hydroxylation sites is 1. The van der Waals surface area contributed by atoms with Gasteiger partial charge in [0, 0.05) is 11.9 Å². The van der Waals surface area contributed by atoms with Gasteiger partial charge in [0.25, 0.3) is 0 Å². The first-order chi connectivity index (χ1) is 6.20. The summed E-state index contributed by atoms with van der Waals surface area (Å²) in [6.07, 6.45) is 1.24. The summed E-state index contributed by atoms with van der Waals surface area (Å²) in [5.41, 5.74) is 0.793. The van der Waals surface area contributed by atoms with E-state index in [4.69, 9.17) is 16.7 Å². The van der Waals surface area contributed by atoms with Crippen molar-refractivity contribution in [3.63, 3.8) is 0 Å². The summed E-state index contributed by atoms with van der Waals surface area (Å²) in [6.45, 7) is 0. The van der Waals surface area contributed by atoms with E-state index in [0.29, 0.717) is 0 Å². The zero-order chi connectivity index (χ0) is 9.68. The van der Waals surface area contributed by atoms with Crippen LogP contribution < -0.4 is 5.32 Å². The average molecular weight is 198 g/mol. The van der Waals surface area contributed by atoms with E-state index in [1.54, 1.807) is 0 Å². The van der Waals surface area contributed by atoms with Crippen LogP contribution in [0.5, 0.6) is 0 Å². The Labute approximate surface area is 80.6 Å². The number of carboxylic acids is 1. The van der Waals surface area contributed by atoms with E-state index in [1.807, 2.05) is 30.3 Å². The van der Waals surface area contributed by atoms with Gasteiger partial charge in [-0.2, -0.15) is 0 Å². The SMILES string of the molecule is O=C(O)/C(Cl)=C/Nc1ccccc1. The maximum Gasteiger partial charge on any atom is 0.348 e. The van der Waals surface area contributed by atoms with Gasteiger partial charge in [-0.1, -0.05) is 29.8 Å². The highest BCUT2D eigenvalue weighted by Crippen LogP contribution is 2.07. The summed E-state index contributed by atoms with van der Waals surface area (Å²) in [4.78, 5) is 10.3. The minimum absolute atomic E-state index is 0.246. The van der Waals surface area contributed by atoms with Gasteiger partial charge >= 0.3 is 5.97 Å². The zero-order valence-electron chi connectivity index (χ0n) is 6.70. The van der Waals surface area contributed by atoms with Gasteiger partial charge in [0.1, 0.15) is 5.03 Å². The maximum absolute atomic E-state index is 10.3. The molecule has 0 amide bonds. The Kier molecular flexibility index (Phi) is 3.34. The van der Waals surface area contributed by atoms with Crippen LogP contribution in [0.25, 0.3) is 0 Å². The van der Waals surface area contributed by atoms with Crippen molar-refractivity contribution in [2.45, 2.75) is 0 Å². The van der Waals surface area contributed by atoms with Gasteiger partial charge in [-0.3, -0.25) is 0 Å². The molecule has 1 aromatic carbocycles. The van der Waals surface area contributed by atoms with Crippen LogP contribution in [0.1, 0.15) is 0 Å². The third kappa shape index (κ3) is 3.17. The lowest BCUT2D eigenvalue weighted by Gasteiger charge is -1.98. The molecule has 0 unspecified atom stereocenters. The second-order valence-corrected chi connectivity index (χ2v) is 2.71. The number of rotatable bonds is 3. The molecule has 0 bridgehead atoms. The summed E-state index contributed by atoms with van der Waals surface area (Å²) in [5, 5.41) is 10.9. The first-order valence-corrected chi connectivity index (χ1v) is 3.98. The molecule has 0 fully saturated rings. The number of anilines is 1. The number of halogens is 1. The van der Waals surface area contributed by atoms with Gasteiger partial charge in [-0.15, -0.1) is 0 Å². The molecule has 0 heterocycles. The second kappa shape index (κ2) is 4.52. The van der Waals surface area contributed by atoms with E-state index in [0.717, 1.165) is 5.69 Å². The van der Waals surface area contributed by atoms with Gasteiger partial charge in [0.2, 0.25) is 0 Å². The number of nitrogens with one attached hydrogen (secondary N) is 1. The van der Waals surface area contributed by atoms with Crippen molar-refractivity contribution in [3.8, 4) is 0 Å². The molecule has 0 spiro atoms. The fourth-order valence-corrected chi connectivity index (χ4v) is 0.797. The zero-order valence-corrected chi connectivity index (χ0v) is 7.45. The number of aliphatic carboxylic acids is 1. The van der Waals surface area contributed by atoms with E-state index in [-0.39, 0.29) is 5.03 Å². The largest absolute Gasteiger partial charge is 0.477 e. The summed E-state index contributed by atoms with van der Waals surface area (Å²) < 4.78 is 0. The molecule has 4 heteroatoms. The topological polar surface area (TPSA) is 49.3 Å². The number of hydrogen-bond donors (Lipinski definition) is 2. The Hall–Kier alpha value is -1.48. The van der Waals surface area contributed by atoms with Gasteiger partial charge in [0.05, 0.1) is 0 Å². The van der Waals surface area contributed by atoms with E-state index in [2.05, 4.69) is 5.32 Å². The first-order valence-electron chi connectivity index (χ1n) is 3.60. The van der Waals surface area contributed by atoms with E-state index in [1.165, 1.54) is 6.20 Å². The third-order valence-corrected chi connectivity index (χ3v) is 1.61. The smallest absolute Gasteiger partial charge is 0.348 e. The molecule has 0 aromatic heterocycles. The van der Waals surface area contributed by atoms with E-state index in [9.17, 15) is 4.79 Å². The monoisotopic (exact) mass is 197 g/mol. The number of benzene rings is 1. The van der Waals surface area contributed by atoms with Crippen molar-refractivity contribution in [2.24, 2.45) is 0 Å². The minimum Gasteiger partial charge on any atom is -0.477 e. The van der Waals surface area contributed by atoms with Crippen LogP contribution in [0.3, 0.4) is 0 Å². The molecule has 0 radical (unpaired) electrons. The Bertz CT molecular complexity index is 322. The van der Waals surface area contributed by atoms with Crippen molar-refractivity contribution in [2.75, 3.05) is 5.32 Å². The molecule has 1 rings (SSSR count). The lowest BCUT2D eigenvalue weighted by atomic mass is 10.3. The maximum atomic E-state index is 10.3. The fourth-order valence-electron chi connectivity index (χ4n) is 0.743. The van der Waals surface area contributed by atoms with Crippen LogP contribution in [-0.4, -0.2) is 11.1 Å². The molecule has 0 saturated heterocycles. The highest BCUT2D eigenvalue weighted by atomic mass is 35.5. The standard InChI is InChI=1S/C9H8ClNO2/c10-8(9(12)13)6-11-7-4-2-1-3-5-7/h1-6,11H,(H,12,13)/b8-6-. The molecule has 2 N–H and O–H groups in total. The summed E-state index contributed by atoms with van der Waals surface area (Å²) in [7, 11) is 0. The molecule has 0 aliphatic heterocycles. The highest BCUT2D eigenvalue weighted by molar-refractivity contribution is 6.41. The molecular formula is C9H8ClNO2. The van der Waals surface area contributed by atoms with Crippen molar-refractivity contribution < 1.29 is 9.90 Å². The molecule has 1 aromatic rings. The summed E-state index contributed by atoms with van der Waals surface area (Å²) >= 11 is 5.36. The number of carboxylic acid groups (broad SMARTS) is 1. The molecule has 0 aliphatic carbocycles. The normalized spacial score (nSPS) is 11.0. The Morgan fingerprint density at radius 3 is 2.54 bits per heavy atom. The third-order valence-electron chi connectivity index (χ3n) is 1.34. The first kappa shape index (κ1) is 9.61. The average Bonchev–Trinajstić information content (AvgIpc) is 2.15. The molecule has 68 valence electrons. The fraction of sp³-hybridized carbons (Fsp3) is 0. The van der Waals surface area contributed by atoms with Gasteiger partial charge in [-0.05, 0) is 12.1 Å². The lowest BCUT2D eigenvalue weighted by molar-refractivity contribution is -0.131. The molecule has 0 aliphatic rings. The predicted molar refractivity (Wildman–Crippen MR) is 51.6 cm³/mol. The number of hydrogen-bond acceptors (Lipinski definition) is 2. The molecular weight excluding hydrogens is 190 g/mol. The Balaban J connectivity index is 2.62. The highest BCUT2D eigenvalue weighted by Gasteiger charge is 2.00. The molecule has 3 nitrogen and oxygen atoms in total. The van der Waals surface area contributed by atoms with Crippen LogP contribution in [0.4, 0.5) is 5.69 Å². The van der Waals surface area contributed by atoms with Gasteiger partial charge in [-0.25, -0.2) is 4.79 Å². The van der Waals surface area contributed by atoms with Crippen LogP contribution in [0.15, 0.2) is 41.6 Å². The Morgan fingerprint density at radius 1 is 1.38 bits per heavy atom. The van der Waals surface area contributed by atoms with Gasteiger partial charge in [0.15, 0.2) is 0 Å². The van der Waals surface area contributed by atoms with Crippen LogP contribution in [0.2, 0.25) is 0 Å². The predicted octanol–water partition coefficient (Wildman–Crippen LogP) is 2.26. The van der Waals surface area contributed by atoms with E-state index < -0.39 is 5.97 Å². The van der Waals surface area contributed by atoms with Crippen molar-refractivity contribution in [1.29, 1.82) is 0 Å². The minimum atomic E-state index is -1.15. The lowest BCUT2D eigenvalue weighted by Crippen LogP contribution is -1.97.